The molecule has 3 aromatic rings. The Labute approximate surface area is 179 Å². The third-order valence-electron chi connectivity index (χ3n) is 3.64. The monoisotopic (exact) mass is 482 g/mol. The average Bonchev–Trinajstić information content (AvgIpc) is 3.32. The second kappa shape index (κ2) is 9.99. The van der Waals surface area contributed by atoms with E-state index in [4.69, 9.17) is 4.74 Å². The van der Waals surface area contributed by atoms with Gasteiger partial charge in [0, 0.05) is 11.0 Å². The highest BCUT2D eigenvalue weighted by Crippen LogP contribution is 2.21. The number of aryl methyl sites for hydroxylation is 1. The molecule has 0 saturated heterocycles. The molecule has 1 N–H and O–H groups in total. The van der Waals surface area contributed by atoms with Crippen molar-refractivity contribution in [3.63, 3.8) is 0 Å². The Kier molecular flexibility index (Phi) is 7.40. The first-order valence-corrected chi connectivity index (χ1v) is 11.2. The van der Waals surface area contributed by atoms with Crippen LogP contribution in [0, 0.1) is 0 Å². The topological polar surface area (TPSA) is 94.8 Å². The largest absolute Gasteiger partial charge is 0.486 e. The van der Waals surface area contributed by atoms with E-state index in [1.165, 1.54) is 23.1 Å². The molecule has 148 valence electrons. The number of benzene rings is 1. The van der Waals surface area contributed by atoms with Crippen molar-refractivity contribution in [3.05, 3.63) is 39.6 Å². The van der Waals surface area contributed by atoms with Crippen LogP contribution in [-0.4, -0.2) is 36.6 Å². The molecule has 8 nitrogen and oxygen atoms in total. The Bertz CT molecular complexity index is 928. The molecular weight excluding hydrogens is 464 g/mol. The van der Waals surface area contributed by atoms with Gasteiger partial charge >= 0.3 is 0 Å². The fourth-order valence-electron chi connectivity index (χ4n) is 2.26. The number of hydrogen-bond donors (Lipinski definition) is 1. The van der Waals surface area contributed by atoms with E-state index in [0.717, 1.165) is 21.7 Å². The van der Waals surface area contributed by atoms with E-state index in [9.17, 15) is 4.79 Å². The number of nitrogens with one attached hydrogen (secondary N) is 1. The predicted octanol–water partition coefficient (Wildman–Crippen LogP) is 3.78. The van der Waals surface area contributed by atoms with Crippen molar-refractivity contribution in [3.8, 4) is 5.75 Å². The van der Waals surface area contributed by atoms with Crippen LogP contribution in [0.25, 0.3) is 0 Å². The minimum absolute atomic E-state index is 0.151. The zero-order valence-corrected chi connectivity index (χ0v) is 18.6. The van der Waals surface area contributed by atoms with Gasteiger partial charge in [-0.25, -0.2) is 0 Å². The number of amides is 1. The molecule has 11 heteroatoms. The van der Waals surface area contributed by atoms with Gasteiger partial charge in [-0.15, -0.1) is 20.4 Å². The molecule has 3 rings (SSSR count). The Morgan fingerprint density at radius 1 is 1.21 bits per heavy atom. The van der Waals surface area contributed by atoms with Crippen molar-refractivity contribution in [2.24, 2.45) is 0 Å². The number of thioether (sulfide) groups is 1. The van der Waals surface area contributed by atoms with Gasteiger partial charge in [-0.3, -0.25) is 10.1 Å². The van der Waals surface area contributed by atoms with Crippen molar-refractivity contribution >= 4 is 50.1 Å². The molecule has 0 fully saturated rings. The highest BCUT2D eigenvalue weighted by atomic mass is 79.9. The quantitative estimate of drug-likeness (QED) is 0.463. The summed E-state index contributed by atoms with van der Waals surface area (Å²) in [5.74, 6) is 1.53. The van der Waals surface area contributed by atoms with Crippen LogP contribution < -0.4 is 10.1 Å². The lowest BCUT2D eigenvalue weighted by molar-refractivity contribution is -0.113. The number of rotatable bonds is 9. The minimum Gasteiger partial charge on any atom is -0.486 e. The number of ether oxygens (including phenoxy) is 1. The van der Waals surface area contributed by atoms with Crippen LogP contribution in [0.1, 0.15) is 24.7 Å². The van der Waals surface area contributed by atoms with Gasteiger partial charge in [-0.05, 0) is 37.6 Å². The lowest BCUT2D eigenvalue weighted by Crippen LogP contribution is -2.14. The maximum absolute atomic E-state index is 12.1. The second-order valence-electron chi connectivity index (χ2n) is 5.58. The summed E-state index contributed by atoms with van der Waals surface area (Å²) in [5, 5.41) is 21.2. The van der Waals surface area contributed by atoms with Crippen molar-refractivity contribution < 1.29 is 9.53 Å². The van der Waals surface area contributed by atoms with Crippen molar-refractivity contribution in [2.75, 3.05) is 11.1 Å². The van der Waals surface area contributed by atoms with Crippen molar-refractivity contribution in [1.29, 1.82) is 0 Å². The van der Waals surface area contributed by atoms with Crippen LogP contribution in [-0.2, 0) is 24.4 Å². The maximum Gasteiger partial charge on any atom is 0.236 e. The molecule has 2 aromatic heterocycles. The van der Waals surface area contributed by atoms with E-state index in [1.54, 1.807) is 0 Å². The third-order valence-corrected chi connectivity index (χ3v) is 6.12. The molecule has 0 aliphatic carbocycles. The summed E-state index contributed by atoms with van der Waals surface area (Å²) in [5.41, 5.74) is 0. The molecule has 0 radical (unpaired) electrons. The van der Waals surface area contributed by atoms with Crippen molar-refractivity contribution in [2.45, 2.75) is 38.6 Å². The van der Waals surface area contributed by atoms with Crippen LogP contribution >= 0.6 is 39.0 Å². The minimum atomic E-state index is -0.151. The molecular formula is C17H19BrN6O2S2. The molecule has 1 aromatic carbocycles. The van der Waals surface area contributed by atoms with Gasteiger partial charge < -0.3 is 9.30 Å². The smallest absolute Gasteiger partial charge is 0.236 e. The zero-order chi connectivity index (χ0) is 19.9. The van der Waals surface area contributed by atoms with Gasteiger partial charge in [0.15, 0.2) is 11.0 Å². The van der Waals surface area contributed by atoms with E-state index in [-0.39, 0.29) is 11.7 Å². The molecule has 0 bridgehead atoms. The van der Waals surface area contributed by atoms with Gasteiger partial charge in [0.1, 0.15) is 17.4 Å². The molecule has 0 saturated carbocycles. The first kappa shape index (κ1) is 20.7. The Morgan fingerprint density at radius 3 is 2.68 bits per heavy atom. The average molecular weight is 483 g/mol. The summed E-state index contributed by atoms with van der Waals surface area (Å²) in [6.07, 6.45) is 0.799. The first-order valence-electron chi connectivity index (χ1n) is 8.64. The molecule has 0 spiro atoms. The number of nitrogens with zero attached hydrogens (tertiary/aromatic N) is 5. The highest BCUT2D eigenvalue weighted by Gasteiger charge is 2.14. The summed E-state index contributed by atoms with van der Waals surface area (Å²) >= 11 is 6.11. The summed E-state index contributed by atoms with van der Waals surface area (Å²) < 4.78 is 8.71. The van der Waals surface area contributed by atoms with Gasteiger partial charge in [-0.1, -0.05) is 46.0 Å². The number of carbonyl (C=O) groups is 1. The van der Waals surface area contributed by atoms with E-state index >= 15 is 0 Å². The molecule has 2 heterocycles. The van der Waals surface area contributed by atoms with E-state index in [0.29, 0.717) is 29.3 Å². The van der Waals surface area contributed by atoms with Crippen LogP contribution in [0.15, 0.2) is 33.9 Å². The molecule has 28 heavy (non-hydrogen) atoms. The van der Waals surface area contributed by atoms with Gasteiger partial charge in [-0.2, -0.15) is 0 Å². The fourth-order valence-corrected chi connectivity index (χ4v) is 4.04. The zero-order valence-electron chi connectivity index (χ0n) is 15.4. The number of halogens is 1. The van der Waals surface area contributed by atoms with Crippen molar-refractivity contribution in [1.82, 2.24) is 25.0 Å². The lowest BCUT2D eigenvalue weighted by atomic mass is 10.3. The van der Waals surface area contributed by atoms with Crippen LogP contribution in [0.5, 0.6) is 5.75 Å². The van der Waals surface area contributed by atoms with Crippen LogP contribution in [0.3, 0.4) is 0 Å². The third kappa shape index (κ3) is 5.52. The SMILES string of the molecule is CCc1nnc(NC(=O)CSc2nnc(COc3ccc(Br)cc3)n2CC)s1. The summed E-state index contributed by atoms with van der Waals surface area (Å²) in [6, 6.07) is 7.60. The van der Waals surface area contributed by atoms with Gasteiger partial charge in [0.25, 0.3) is 0 Å². The maximum atomic E-state index is 12.1. The number of carbonyl (C=O) groups excluding carboxylic acids is 1. The summed E-state index contributed by atoms with van der Waals surface area (Å²) in [4.78, 5) is 12.1. The Morgan fingerprint density at radius 2 is 2.00 bits per heavy atom. The van der Waals surface area contributed by atoms with Gasteiger partial charge in [0.05, 0.1) is 5.75 Å². The summed E-state index contributed by atoms with van der Waals surface area (Å²) in [6.45, 7) is 4.99. The molecule has 1 amide bonds. The predicted molar refractivity (Wildman–Crippen MR) is 113 cm³/mol. The summed E-state index contributed by atoms with van der Waals surface area (Å²) in [7, 11) is 0. The normalized spacial score (nSPS) is 10.8. The van der Waals surface area contributed by atoms with Gasteiger partial charge in [0.2, 0.25) is 11.0 Å². The lowest BCUT2D eigenvalue weighted by Gasteiger charge is -2.09. The van der Waals surface area contributed by atoms with Crippen LogP contribution in [0.2, 0.25) is 0 Å². The molecule has 0 unspecified atom stereocenters. The number of hydrogen-bond acceptors (Lipinski definition) is 8. The first-order chi connectivity index (χ1) is 13.6. The standard InChI is InChI=1S/C17H19BrN6O2S2/c1-3-15-21-22-16(28-15)19-14(25)10-27-17-23-20-13(24(17)4-2)9-26-12-7-5-11(18)6-8-12/h5-8H,3-4,9-10H2,1-2H3,(H,19,22,25). The molecule has 0 atom stereocenters. The van der Waals surface area contributed by atoms with E-state index in [1.807, 2.05) is 42.7 Å². The fraction of sp³-hybridized carbons (Fsp3) is 0.353. The number of anilines is 1. The van der Waals surface area contributed by atoms with E-state index < -0.39 is 0 Å². The van der Waals surface area contributed by atoms with E-state index in [2.05, 4.69) is 41.6 Å². The highest BCUT2D eigenvalue weighted by molar-refractivity contribution is 9.10. The molecule has 0 aliphatic heterocycles. The number of aromatic nitrogens is 5. The second-order valence-corrected chi connectivity index (χ2v) is 8.50. The molecule has 0 aliphatic rings. The van der Waals surface area contributed by atoms with Crippen LogP contribution in [0.4, 0.5) is 5.13 Å². The Hall–Kier alpha value is -1.98. The Balaban J connectivity index is 1.55.